The number of hydrogen-bond donors (Lipinski definition) is 1. The first-order valence-electron chi connectivity index (χ1n) is 14.3. The monoisotopic (exact) mass is 525 g/mol. The van der Waals surface area contributed by atoms with Crippen LogP contribution < -0.4 is 10.6 Å². The Labute approximate surface area is 221 Å². The zero-order chi connectivity index (χ0) is 20.8. The zero-order valence-corrected chi connectivity index (χ0v) is 19.5. The predicted molar refractivity (Wildman–Crippen MR) is 133 cm³/mol. The number of hydrogen-bond acceptors (Lipinski definition) is 4. The minimum Gasteiger partial charge on any atom is -0.756 e. The molecule has 0 amide bonds. The maximum atomic E-state index is 11.3. The van der Waals surface area contributed by atoms with Crippen LogP contribution >= 0.6 is 7.82 Å². The lowest BCUT2D eigenvalue weighted by Crippen LogP contribution is -2.51. The average molecular weight is 526 g/mol. The fourth-order valence-corrected chi connectivity index (χ4v) is 17.1. The van der Waals surface area contributed by atoms with E-state index < -0.39 is 7.82 Å². The third-order valence-corrected chi connectivity index (χ3v) is 19.5. The Kier molecular flexibility index (Phi) is 2.46. The number of quaternary nitrogens is 1. The highest BCUT2D eigenvalue weighted by Gasteiger charge is 3.50. The topological polar surface area (TPSA) is 86.2 Å². The summed E-state index contributed by atoms with van der Waals surface area (Å²) in [6, 6.07) is 0. The van der Waals surface area contributed by atoms with Crippen LogP contribution in [0, 0.1) is 101 Å². The molecule has 8 atom stereocenters. The summed E-state index contributed by atoms with van der Waals surface area (Å²) in [4.78, 5) is 11.3. The molecule has 0 aromatic heterocycles. The van der Waals surface area contributed by atoms with Crippen LogP contribution in [-0.4, -0.2) is 12.8 Å². The van der Waals surface area contributed by atoms with Gasteiger partial charge in [-0.25, -0.2) is 0 Å². The highest BCUT2D eigenvalue weighted by molar-refractivity contribution is 7.45. The van der Waals surface area contributed by atoms with Gasteiger partial charge in [0.05, 0.1) is 6.10 Å². The van der Waals surface area contributed by atoms with E-state index >= 15 is 0 Å². The van der Waals surface area contributed by atoms with E-state index in [2.05, 4.69) is 10.3 Å². The Morgan fingerprint density at radius 3 is 1.30 bits per heavy atom. The van der Waals surface area contributed by atoms with Gasteiger partial charge in [0.25, 0.3) is 7.82 Å². The van der Waals surface area contributed by atoms with Crippen molar-refractivity contribution in [3.8, 4) is 0 Å². The third-order valence-electron chi connectivity index (χ3n) is 18.5. The largest absolute Gasteiger partial charge is 0.756 e. The van der Waals surface area contributed by atoms with Crippen molar-refractivity contribution in [1.29, 1.82) is 0 Å². The minimum absolute atomic E-state index is 0. The van der Waals surface area contributed by atoms with Crippen molar-refractivity contribution >= 4 is 7.82 Å². The highest BCUT2D eigenvalue weighted by atomic mass is 31.2. The van der Waals surface area contributed by atoms with Crippen LogP contribution in [0.4, 0.5) is 0 Å². The van der Waals surface area contributed by atoms with Crippen molar-refractivity contribution in [2.24, 2.45) is 101 Å². The van der Waals surface area contributed by atoms with Crippen LogP contribution in [0.5, 0.6) is 0 Å². The summed E-state index contributed by atoms with van der Waals surface area (Å²) in [7, 11) is -4.05. The molecule has 202 valence electrons. The first kappa shape index (κ1) is 21.8. The Hall–Kier alpha value is 0.0700. The second kappa shape index (κ2) is 4.18. The van der Waals surface area contributed by atoms with E-state index in [9.17, 15) is 9.46 Å². The molecule has 18 aliphatic carbocycles. The molecule has 18 rings (SSSR count). The van der Waals surface area contributed by atoms with Crippen molar-refractivity contribution in [2.45, 2.75) is 80.8 Å². The molecule has 5 nitrogen and oxygen atoms in total. The highest BCUT2D eigenvalue weighted by Crippen LogP contribution is 3.49. The molecule has 0 saturated heterocycles. The van der Waals surface area contributed by atoms with Gasteiger partial charge in [-0.15, -0.1) is 0 Å². The van der Waals surface area contributed by atoms with Crippen molar-refractivity contribution in [3.63, 3.8) is 0 Å². The van der Waals surface area contributed by atoms with Crippen molar-refractivity contribution in [2.75, 3.05) is 6.73 Å². The molecule has 18 saturated carbocycles. The molecule has 18 aliphatic rings. The standard InChI is InChI=1S/C9H10NO4P.3C6H6.4CH4/c10-2-13-15(11,12)14-5-4-7(5)8-3-1-6(3,8)9(4,7)8;3*1-3-5(1)4-2-6(3,4)5;;;;/h3-5H,1-2,10H2,(H,11,12);3*3-4H,1-2H2;4*1H4. The summed E-state index contributed by atoms with van der Waals surface area (Å²) in [5.74, 6) is 9.47. The van der Waals surface area contributed by atoms with E-state index in [1.54, 1.807) is 38.5 Å². The molecule has 37 heavy (non-hydrogen) atoms. The first-order chi connectivity index (χ1) is 15.9. The molecular formula is C31H44NO4P. The van der Waals surface area contributed by atoms with Gasteiger partial charge in [-0.1, -0.05) is 29.7 Å². The lowest BCUT2D eigenvalue weighted by molar-refractivity contribution is -0.422. The Morgan fingerprint density at radius 2 is 1.08 bits per heavy atom. The SMILES string of the molecule is C.C.C.C.C1C2C13C1CC213.C1C2C13C1CC213.C1C2C13C1CC213.[NH3+]COP(=O)([O-])OC1C2C13C14C5CC51C234. The Bertz CT molecular complexity index is 1260. The number of rotatable bonds is 4. The zero-order valence-electron chi connectivity index (χ0n) is 18.6. The molecule has 10 spiro atoms. The van der Waals surface area contributed by atoms with Gasteiger partial charge in [-0.05, 0) is 135 Å². The number of phosphoric ester groups is 1. The van der Waals surface area contributed by atoms with E-state index in [-0.39, 0.29) is 42.5 Å². The van der Waals surface area contributed by atoms with Gasteiger partial charge in [0.1, 0.15) is 0 Å². The molecule has 6 heteroatoms. The molecule has 0 aromatic carbocycles. The molecule has 0 heterocycles. The van der Waals surface area contributed by atoms with Crippen LogP contribution in [0.3, 0.4) is 0 Å². The van der Waals surface area contributed by atoms with E-state index in [4.69, 9.17) is 4.52 Å². The smallest absolute Gasteiger partial charge is 0.272 e. The average Bonchev–Trinajstić information content (AvgIpc) is 3.55. The summed E-state index contributed by atoms with van der Waals surface area (Å²) in [5.41, 5.74) is 12.5. The van der Waals surface area contributed by atoms with Crippen molar-refractivity contribution < 1.29 is 24.2 Å². The van der Waals surface area contributed by atoms with E-state index in [1.807, 2.05) is 0 Å². The Morgan fingerprint density at radius 1 is 0.676 bits per heavy atom. The van der Waals surface area contributed by atoms with Gasteiger partial charge in [0, 0.05) is 11.3 Å². The quantitative estimate of drug-likeness (QED) is 0.437. The molecule has 0 aromatic rings. The van der Waals surface area contributed by atoms with Crippen LogP contribution in [0.1, 0.15) is 74.7 Å². The molecule has 0 aliphatic heterocycles. The van der Waals surface area contributed by atoms with Gasteiger partial charge in [-0.3, -0.25) is 9.09 Å². The van der Waals surface area contributed by atoms with Crippen LogP contribution in [0.25, 0.3) is 0 Å². The fraction of sp³-hybridized carbons (Fsp3) is 1.00. The maximum absolute atomic E-state index is 11.3. The van der Waals surface area contributed by atoms with E-state index in [1.165, 1.54) is 41.9 Å². The lowest BCUT2D eigenvalue weighted by Gasteiger charge is -2.23. The summed E-state index contributed by atoms with van der Waals surface area (Å²) < 4.78 is 20.9. The van der Waals surface area contributed by atoms with Crippen molar-refractivity contribution in [3.05, 3.63) is 0 Å². The molecule has 18 fully saturated rings. The Balaban J connectivity index is 0.0000000697. The molecule has 0 radical (unpaired) electrons. The summed E-state index contributed by atoms with van der Waals surface area (Å²) in [5, 5.41) is 0. The van der Waals surface area contributed by atoms with Gasteiger partial charge >= 0.3 is 0 Å². The van der Waals surface area contributed by atoms with Gasteiger partial charge in [0.15, 0.2) is 6.73 Å². The third kappa shape index (κ3) is 1.21. The van der Waals surface area contributed by atoms with Crippen LogP contribution in [0.15, 0.2) is 0 Å². The predicted octanol–water partition coefficient (Wildman–Crippen LogP) is 4.33. The maximum Gasteiger partial charge on any atom is 0.272 e. The fourth-order valence-electron chi connectivity index (χ4n) is 16.2. The van der Waals surface area contributed by atoms with Crippen LogP contribution in [0.2, 0.25) is 0 Å². The summed E-state index contributed by atoms with van der Waals surface area (Å²) in [6.07, 6.45) is 11.3. The molecule has 8 unspecified atom stereocenters. The molecular weight excluding hydrogens is 481 g/mol. The molecule has 0 bridgehead atoms. The number of phosphoric acid groups is 1. The lowest BCUT2D eigenvalue weighted by atomic mass is 10.1. The first-order valence-corrected chi connectivity index (χ1v) is 15.8. The second-order valence-corrected chi connectivity index (χ2v) is 18.1. The van der Waals surface area contributed by atoms with Gasteiger partial charge < -0.3 is 15.2 Å². The van der Waals surface area contributed by atoms with Crippen molar-refractivity contribution in [1.82, 2.24) is 0 Å². The minimum atomic E-state index is -4.05. The van der Waals surface area contributed by atoms with Gasteiger partial charge in [0.2, 0.25) is 0 Å². The van der Waals surface area contributed by atoms with Gasteiger partial charge in [-0.2, -0.15) is 0 Å². The van der Waals surface area contributed by atoms with E-state index in [0.717, 1.165) is 43.8 Å². The summed E-state index contributed by atoms with van der Waals surface area (Å²) in [6.45, 7) is -0.0754. The normalized spacial score (nSPS) is 86.5. The molecule has 3 N–H and O–H groups in total. The summed E-state index contributed by atoms with van der Waals surface area (Å²) >= 11 is 0. The second-order valence-electron chi connectivity index (χ2n) is 16.8. The van der Waals surface area contributed by atoms with E-state index in [0.29, 0.717) is 22.2 Å². The van der Waals surface area contributed by atoms with Crippen LogP contribution in [-0.2, 0) is 13.6 Å².